The van der Waals surface area contributed by atoms with Crippen molar-refractivity contribution in [3.8, 4) is 10.6 Å². The molecule has 2 aromatic rings. The lowest BCUT2D eigenvalue weighted by molar-refractivity contribution is -0.0172. The molecule has 2 aliphatic heterocycles. The lowest BCUT2D eigenvalue weighted by Gasteiger charge is -2.46. The zero-order valence-electron chi connectivity index (χ0n) is 18.8. The molecule has 2 fully saturated rings. The zero-order valence-corrected chi connectivity index (χ0v) is 19.6. The van der Waals surface area contributed by atoms with Crippen LogP contribution in [-0.4, -0.2) is 57.2 Å². The van der Waals surface area contributed by atoms with E-state index < -0.39 is 5.60 Å². The summed E-state index contributed by atoms with van der Waals surface area (Å²) in [4.78, 5) is 13.7. The van der Waals surface area contributed by atoms with Gasteiger partial charge in [-0.15, -0.1) is 11.3 Å². The number of aromatic nitrogens is 2. The molecule has 0 unspecified atom stereocenters. The Bertz CT molecular complexity index is 869. The summed E-state index contributed by atoms with van der Waals surface area (Å²) < 4.78 is 0. The van der Waals surface area contributed by atoms with Crippen LogP contribution in [-0.2, 0) is 5.60 Å². The molecular weight excluding hydrogens is 394 g/mol. The monoisotopic (exact) mass is 429 g/mol. The smallest absolute Gasteiger partial charge is 0.223 e. The van der Waals surface area contributed by atoms with Crippen LogP contribution in [0.4, 0.5) is 5.95 Å². The number of likely N-dealkylation sites (tertiary alicyclic amines) is 1. The lowest BCUT2D eigenvalue weighted by Crippen LogP contribution is -2.60. The summed E-state index contributed by atoms with van der Waals surface area (Å²) in [6, 6.07) is 6.43. The van der Waals surface area contributed by atoms with Crippen molar-refractivity contribution in [2.45, 2.75) is 76.1 Å². The van der Waals surface area contributed by atoms with Gasteiger partial charge >= 0.3 is 0 Å². The van der Waals surface area contributed by atoms with Crippen molar-refractivity contribution in [3.63, 3.8) is 0 Å². The van der Waals surface area contributed by atoms with Crippen molar-refractivity contribution in [2.24, 2.45) is 0 Å². The lowest BCUT2D eigenvalue weighted by atomic mass is 9.80. The predicted molar refractivity (Wildman–Crippen MR) is 124 cm³/mol. The molecule has 2 aromatic heterocycles. The third kappa shape index (κ3) is 4.85. The van der Waals surface area contributed by atoms with Crippen molar-refractivity contribution in [1.29, 1.82) is 0 Å². The first-order chi connectivity index (χ1) is 14.0. The van der Waals surface area contributed by atoms with Gasteiger partial charge in [0.05, 0.1) is 10.6 Å². The Labute approximate surface area is 184 Å². The normalized spacial score (nSPS) is 23.9. The Morgan fingerprint density at radius 1 is 1.10 bits per heavy atom. The van der Waals surface area contributed by atoms with Gasteiger partial charge in [0.15, 0.2) is 0 Å². The van der Waals surface area contributed by atoms with Crippen molar-refractivity contribution >= 4 is 17.3 Å². The van der Waals surface area contributed by atoms with Crippen molar-refractivity contribution in [2.75, 3.05) is 25.5 Å². The quantitative estimate of drug-likeness (QED) is 0.686. The molecule has 4 rings (SSSR count). The SMILES string of the molecule is CN1CCC(O)(c2ccc(-c3ccnc(NC4CC(C)(C)NC(C)(C)C4)n3)s2)CC1. The second kappa shape index (κ2) is 7.86. The number of thiophene rings is 1. The van der Waals surface area contributed by atoms with E-state index in [0.717, 1.165) is 54.2 Å². The first-order valence-electron chi connectivity index (χ1n) is 10.9. The summed E-state index contributed by atoms with van der Waals surface area (Å²) in [6.45, 7) is 10.9. The van der Waals surface area contributed by atoms with Gasteiger partial charge < -0.3 is 20.6 Å². The molecule has 0 aromatic carbocycles. The summed E-state index contributed by atoms with van der Waals surface area (Å²) in [5.74, 6) is 0.680. The molecule has 0 spiro atoms. The van der Waals surface area contributed by atoms with E-state index in [1.165, 1.54) is 0 Å². The van der Waals surface area contributed by atoms with E-state index in [2.05, 4.69) is 67.4 Å². The van der Waals surface area contributed by atoms with Gasteiger partial charge in [0, 0.05) is 41.3 Å². The van der Waals surface area contributed by atoms with Crippen LogP contribution in [0.3, 0.4) is 0 Å². The first-order valence-corrected chi connectivity index (χ1v) is 11.8. The highest BCUT2D eigenvalue weighted by Crippen LogP contribution is 2.39. The van der Waals surface area contributed by atoms with Gasteiger partial charge in [-0.2, -0.15) is 0 Å². The maximum absolute atomic E-state index is 11.1. The number of hydrogen-bond acceptors (Lipinski definition) is 7. The number of anilines is 1. The van der Waals surface area contributed by atoms with E-state index in [0.29, 0.717) is 12.0 Å². The fourth-order valence-electron chi connectivity index (χ4n) is 5.13. The van der Waals surface area contributed by atoms with Crippen LogP contribution in [0.15, 0.2) is 24.4 Å². The van der Waals surface area contributed by atoms with E-state index in [1.54, 1.807) is 11.3 Å². The fourth-order valence-corrected chi connectivity index (χ4v) is 6.25. The van der Waals surface area contributed by atoms with Gasteiger partial charge in [-0.3, -0.25) is 0 Å². The Morgan fingerprint density at radius 2 is 1.77 bits per heavy atom. The van der Waals surface area contributed by atoms with Gasteiger partial charge in [0.1, 0.15) is 5.60 Å². The molecule has 0 amide bonds. The van der Waals surface area contributed by atoms with Crippen molar-refractivity contribution in [3.05, 3.63) is 29.3 Å². The minimum atomic E-state index is -0.713. The summed E-state index contributed by atoms with van der Waals surface area (Å²) in [7, 11) is 2.11. The van der Waals surface area contributed by atoms with Crippen LogP contribution in [0, 0.1) is 0 Å². The number of hydrogen-bond donors (Lipinski definition) is 3. The van der Waals surface area contributed by atoms with Gasteiger partial charge in [-0.1, -0.05) is 0 Å². The van der Waals surface area contributed by atoms with Crippen LogP contribution >= 0.6 is 11.3 Å². The van der Waals surface area contributed by atoms with Crippen molar-refractivity contribution in [1.82, 2.24) is 20.2 Å². The van der Waals surface area contributed by atoms with Crippen LogP contribution in [0.5, 0.6) is 0 Å². The molecule has 7 heteroatoms. The Hall–Kier alpha value is -1.54. The minimum Gasteiger partial charge on any atom is -0.384 e. The Morgan fingerprint density at radius 3 is 2.43 bits per heavy atom. The van der Waals surface area contributed by atoms with Gasteiger partial charge in [0.2, 0.25) is 5.95 Å². The standard InChI is InChI=1S/C23H35N5OS/c1-21(2)14-16(15-22(3,4)27-21)25-20-24-11-8-17(26-20)18-6-7-19(30-18)23(29)9-12-28(5)13-10-23/h6-8,11,16,27,29H,9-10,12-15H2,1-5H3,(H,24,25,26). The molecule has 164 valence electrons. The molecule has 0 saturated carbocycles. The molecule has 4 heterocycles. The third-order valence-corrected chi connectivity index (χ3v) is 7.61. The molecule has 30 heavy (non-hydrogen) atoms. The maximum Gasteiger partial charge on any atom is 0.223 e. The highest BCUT2D eigenvalue weighted by molar-refractivity contribution is 7.15. The number of nitrogens with one attached hydrogen (secondary N) is 2. The van der Waals surface area contributed by atoms with Crippen LogP contribution in [0.1, 0.15) is 58.3 Å². The van der Waals surface area contributed by atoms with E-state index in [9.17, 15) is 5.11 Å². The zero-order chi connectivity index (χ0) is 21.6. The second-order valence-electron chi connectivity index (χ2n) is 10.4. The Kier molecular flexibility index (Phi) is 5.68. The average Bonchev–Trinajstić information content (AvgIpc) is 3.13. The summed E-state index contributed by atoms with van der Waals surface area (Å²) in [5, 5.41) is 18.4. The van der Waals surface area contributed by atoms with Crippen LogP contribution in [0.25, 0.3) is 10.6 Å². The van der Waals surface area contributed by atoms with Gasteiger partial charge in [-0.05, 0) is 78.6 Å². The molecule has 0 bridgehead atoms. The first kappa shape index (κ1) is 21.7. The number of rotatable bonds is 4. The Balaban J connectivity index is 1.50. The molecular formula is C23H35N5OS. The fraction of sp³-hybridized carbons (Fsp3) is 0.652. The van der Waals surface area contributed by atoms with Gasteiger partial charge in [-0.25, -0.2) is 9.97 Å². The minimum absolute atomic E-state index is 0.0726. The van der Waals surface area contributed by atoms with E-state index >= 15 is 0 Å². The second-order valence-corrected chi connectivity index (χ2v) is 11.5. The molecule has 0 radical (unpaired) electrons. The van der Waals surface area contributed by atoms with E-state index in [4.69, 9.17) is 4.98 Å². The van der Waals surface area contributed by atoms with E-state index in [-0.39, 0.29) is 11.1 Å². The topological polar surface area (TPSA) is 73.3 Å². The highest BCUT2D eigenvalue weighted by atomic mass is 32.1. The molecule has 2 aliphatic rings. The summed E-state index contributed by atoms with van der Waals surface area (Å²) in [5.41, 5.74) is 0.343. The largest absolute Gasteiger partial charge is 0.384 e. The van der Waals surface area contributed by atoms with E-state index in [1.807, 2.05) is 12.3 Å². The maximum atomic E-state index is 11.1. The number of nitrogens with zero attached hydrogens (tertiary/aromatic N) is 3. The third-order valence-electron chi connectivity index (χ3n) is 6.31. The molecule has 2 saturated heterocycles. The summed E-state index contributed by atoms with van der Waals surface area (Å²) >= 11 is 1.65. The van der Waals surface area contributed by atoms with Gasteiger partial charge in [0.25, 0.3) is 0 Å². The van der Waals surface area contributed by atoms with Crippen LogP contribution < -0.4 is 10.6 Å². The summed E-state index contributed by atoms with van der Waals surface area (Å²) in [6.07, 6.45) is 5.43. The molecule has 6 nitrogen and oxygen atoms in total. The van der Waals surface area contributed by atoms with Crippen molar-refractivity contribution < 1.29 is 5.11 Å². The predicted octanol–water partition coefficient (Wildman–Crippen LogP) is 3.84. The molecule has 0 atom stereocenters. The molecule has 3 N–H and O–H groups in total. The van der Waals surface area contributed by atoms with Crippen LogP contribution in [0.2, 0.25) is 0 Å². The number of piperidine rings is 2. The molecule has 0 aliphatic carbocycles. The number of aliphatic hydroxyl groups is 1. The average molecular weight is 430 g/mol. The highest BCUT2D eigenvalue weighted by Gasteiger charge is 2.38.